The summed E-state index contributed by atoms with van der Waals surface area (Å²) < 4.78 is 0. The number of hydrogen-bond donors (Lipinski definition) is 2. The van der Waals surface area contributed by atoms with E-state index in [0.717, 1.165) is 72.9 Å². The topological polar surface area (TPSA) is 145 Å². The zero-order valence-corrected chi connectivity index (χ0v) is 26.4. The van der Waals surface area contributed by atoms with Gasteiger partial charge in [-0.2, -0.15) is 0 Å². The van der Waals surface area contributed by atoms with Crippen molar-refractivity contribution in [2.24, 2.45) is 9.98 Å². The first-order valence-electron chi connectivity index (χ1n) is 13.7. The van der Waals surface area contributed by atoms with Crippen molar-refractivity contribution in [2.45, 2.75) is 105 Å². The molecule has 227 valence electrons. The first kappa shape index (κ1) is 37.8. The summed E-state index contributed by atoms with van der Waals surface area (Å²) in [4.78, 5) is 27.4. The number of aliphatic carboxylic acids is 2. The van der Waals surface area contributed by atoms with E-state index < -0.39 is 11.9 Å². The predicted molar refractivity (Wildman–Crippen MR) is 156 cm³/mol. The molecular formula is C32H44CoN2O6. The second kappa shape index (κ2) is 18.3. The van der Waals surface area contributed by atoms with Crippen LogP contribution in [0, 0.1) is 13.8 Å². The van der Waals surface area contributed by atoms with Crippen LogP contribution in [-0.2, 0) is 26.4 Å². The van der Waals surface area contributed by atoms with Crippen LogP contribution in [0.4, 0.5) is 0 Å². The first-order valence-corrected chi connectivity index (χ1v) is 13.7. The molecule has 1 radical (unpaired) electrons. The molecule has 1 aliphatic rings. The number of carbonyl (C=O) groups is 2. The molecule has 0 aromatic heterocycles. The molecule has 0 unspecified atom stereocenters. The van der Waals surface area contributed by atoms with Gasteiger partial charge in [0.15, 0.2) is 0 Å². The van der Waals surface area contributed by atoms with Crippen molar-refractivity contribution in [3.05, 3.63) is 57.6 Å². The quantitative estimate of drug-likeness (QED) is 0.466. The Bertz CT molecular complexity index is 1100. The zero-order valence-electron chi connectivity index (χ0n) is 25.4. The number of phenols is 2. The molecule has 0 aliphatic heterocycles. The minimum absolute atomic E-state index is 0. The third kappa shape index (κ3) is 13.8. The Morgan fingerprint density at radius 3 is 1.24 bits per heavy atom. The summed E-state index contributed by atoms with van der Waals surface area (Å²) >= 11 is 0. The van der Waals surface area contributed by atoms with Crippen LogP contribution in [0.2, 0.25) is 0 Å². The maximum absolute atomic E-state index is 10.6. The smallest absolute Gasteiger partial charge is 0.550 e. The summed E-state index contributed by atoms with van der Waals surface area (Å²) in [7, 11) is 0. The third-order valence-corrected chi connectivity index (χ3v) is 6.39. The number of carboxylic acids is 2. The van der Waals surface area contributed by atoms with Crippen LogP contribution in [0.3, 0.4) is 0 Å². The van der Waals surface area contributed by atoms with E-state index in [1.54, 1.807) is 0 Å². The Morgan fingerprint density at radius 1 is 0.732 bits per heavy atom. The molecule has 1 saturated carbocycles. The number of rotatable bonds is 6. The van der Waals surface area contributed by atoms with Gasteiger partial charge in [-0.15, -0.1) is 0 Å². The van der Waals surface area contributed by atoms with Crippen molar-refractivity contribution in [3.63, 3.8) is 0 Å². The molecule has 8 nitrogen and oxygen atoms in total. The van der Waals surface area contributed by atoms with Gasteiger partial charge in [0, 0.05) is 35.5 Å². The maximum atomic E-state index is 10.6. The molecular weight excluding hydrogens is 567 g/mol. The Morgan fingerprint density at radius 2 is 1.00 bits per heavy atom. The van der Waals surface area contributed by atoms with Gasteiger partial charge in [0.2, 0.25) is 0 Å². The molecule has 1 aliphatic carbocycles. The molecule has 41 heavy (non-hydrogen) atoms. The fourth-order valence-corrected chi connectivity index (χ4v) is 4.48. The van der Waals surface area contributed by atoms with E-state index in [0.29, 0.717) is 11.5 Å². The molecule has 1 fully saturated rings. The van der Waals surface area contributed by atoms with E-state index in [2.05, 4.69) is 53.7 Å². The first-order chi connectivity index (χ1) is 18.6. The molecule has 9 heteroatoms. The summed E-state index contributed by atoms with van der Waals surface area (Å²) in [5.41, 5.74) is 5.86. The van der Waals surface area contributed by atoms with Crippen LogP contribution in [-0.4, -0.2) is 46.7 Å². The number of carboxylic acid groups (broad SMARTS) is 2. The van der Waals surface area contributed by atoms with Crippen molar-refractivity contribution in [2.75, 3.05) is 0 Å². The molecule has 0 saturated heterocycles. The molecule has 0 amide bonds. The maximum Gasteiger partial charge on any atom is 2.00 e. The van der Waals surface area contributed by atoms with E-state index in [9.17, 15) is 10.2 Å². The van der Waals surface area contributed by atoms with Crippen LogP contribution in [0.5, 0.6) is 11.5 Å². The monoisotopic (exact) mass is 611 g/mol. The number of hydrogen-bond acceptors (Lipinski definition) is 8. The molecule has 0 bridgehead atoms. The summed E-state index contributed by atoms with van der Waals surface area (Å²) in [6.45, 7) is 14.4. The fraction of sp³-hybridized carbons (Fsp3) is 0.500. The van der Waals surface area contributed by atoms with Crippen LogP contribution in [0.15, 0.2) is 34.3 Å². The van der Waals surface area contributed by atoms with E-state index in [4.69, 9.17) is 29.8 Å². The summed E-state index contributed by atoms with van der Waals surface area (Å²) in [5.74, 6) is -0.905. The van der Waals surface area contributed by atoms with Crippen molar-refractivity contribution < 1.29 is 46.8 Å². The second-order valence-electron chi connectivity index (χ2n) is 10.9. The summed E-state index contributed by atoms with van der Waals surface area (Å²) in [5, 5.41) is 39.0. The number of nitrogens with zero attached hydrogens (tertiary/aromatic N) is 2. The fourth-order valence-electron chi connectivity index (χ4n) is 4.48. The molecule has 0 heterocycles. The average Bonchev–Trinajstić information content (AvgIpc) is 2.84. The van der Waals surface area contributed by atoms with Crippen LogP contribution < -0.4 is 10.2 Å². The molecule has 2 N–H and O–H groups in total. The molecule has 0 atom stereocenters. The number of aliphatic imine (C=N–C) groups is 2. The Hall–Kier alpha value is -3.17. The third-order valence-electron chi connectivity index (χ3n) is 6.39. The predicted octanol–water partition coefficient (Wildman–Crippen LogP) is 4.32. The van der Waals surface area contributed by atoms with Crippen molar-refractivity contribution in [1.29, 1.82) is 0 Å². The van der Waals surface area contributed by atoms with Gasteiger partial charge in [0.05, 0.1) is 12.1 Å². The molecule has 0 spiro atoms. The second-order valence-corrected chi connectivity index (χ2v) is 10.9. The van der Waals surface area contributed by atoms with Gasteiger partial charge in [-0.25, -0.2) is 0 Å². The number of phenolic OH excluding ortho intramolecular Hbond substituents is 2. The zero-order chi connectivity index (χ0) is 30.6. The van der Waals surface area contributed by atoms with Crippen LogP contribution >= 0.6 is 0 Å². The van der Waals surface area contributed by atoms with E-state index in [1.165, 1.54) is 0 Å². The van der Waals surface area contributed by atoms with Gasteiger partial charge in [0.25, 0.3) is 0 Å². The van der Waals surface area contributed by atoms with E-state index in [1.807, 2.05) is 24.6 Å². The Labute approximate surface area is 254 Å². The Kier molecular flexibility index (Phi) is 16.9. The van der Waals surface area contributed by atoms with Crippen LogP contribution in [0.1, 0.15) is 112 Å². The largest absolute Gasteiger partial charge is 2.00 e. The van der Waals surface area contributed by atoms with Gasteiger partial charge < -0.3 is 30.0 Å². The van der Waals surface area contributed by atoms with Gasteiger partial charge in [-0.3, -0.25) is 9.98 Å². The van der Waals surface area contributed by atoms with Gasteiger partial charge in [-0.1, -0.05) is 39.8 Å². The number of aryl methyl sites for hydroxylation is 2. The van der Waals surface area contributed by atoms with E-state index in [-0.39, 0.29) is 40.7 Å². The van der Waals surface area contributed by atoms with Gasteiger partial charge in [0.1, 0.15) is 11.5 Å². The standard InChI is InChI=1S/C28H38N2O2.2C2H4O2.Co/c1-17(2)25-13-19(5)11-21(27(25)31)15-29-23-7-9-24(10-8-23)30-16-22-12-20(6)14-26(18(3)4)28(22)32;2*1-2(3)4;/h11-18,23-24,31-32H,7-10H2,1-6H3;2*1H3,(H,3,4);/q;;;+2/p-2. The normalized spacial score (nSPS) is 16.5. The number of aromatic hydroxyl groups is 2. The molecule has 2 aromatic carbocycles. The van der Waals surface area contributed by atoms with Crippen molar-refractivity contribution >= 4 is 24.4 Å². The SMILES string of the molecule is CC(=O)[O-].CC(=O)[O-].Cc1cc(C=NC2CCC(N=Cc3cc(C)cc(C(C)C)c3O)CC2)c(O)c(C(C)C)c1.[Co+2]. The average molecular weight is 612 g/mol. The van der Waals surface area contributed by atoms with Crippen LogP contribution in [0.25, 0.3) is 0 Å². The van der Waals surface area contributed by atoms with Gasteiger partial charge >= 0.3 is 16.8 Å². The summed E-state index contributed by atoms with van der Waals surface area (Å²) in [6, 6.07) is 8.64. The van der Waals surface area contributed by atoms with E-state index >= 15 is 0 Å². The molecule has 2 aromatic rings. The molecule has 3 rings (SSSR count). The number of benzene rings is 2. The van der Waals surface area contributed by atoms with Gasteiger partial charge in [-0.05, 0) is 99.6 Å². The minimum Gasteiger partial charge on any atom is -0.550 e. The number of carbonyl (C=O) groups excluding carboxylic acids is 2. The minimum atomic E-state index is -1.08. The van der Waals surface area contributed by atoms with Crippen molar-refractivity contribution in [1.82, 2.24) is 0 Å². The Balaban J connectivity index is 0.00000158. The summed E-state index contributed by atoms with van der Waals surface area (Å²) in [6.07, 6.45) is 7.64. The van der Waals surface area contributed by atoms with Crippen molar-refractivity contribution in [3.8, 4) is 11.5 Å².